The van der Waals surface area contributed by atoms with E-state index in [0.717, 1.165) is 31.4 Å². The molecule has 1 heterocycles. The molecule has 4 amide bonds. The molecule has 1 aliphatic heterocycles. The van der Waals surface area contributed by atoms with Crippen LogP contribution in [0.15, 0.2) is 24.3 Å². The number of amides is 4. The van der Waals surface area contributed by atoms with Crippen LogP contribution in [-0.4, -0.2) is 49.5 Å². The molecule has 0 atom stereocenters. The highest BCUT2D eigenvalue weighted by atomic mass is 16.5. The quantitative estimate of drug-likeness (QED) is 0.765. The van der Waals surface area contributed by atoms with E-state index in [9.17, 15) is 14.4 Å². The number of ether oxygens (including phenoxy) is 1. The van der Waals surface area contributed by atoms with Crippen LogP contribution >= 0.6 is 0 Å². The van der Waals surface area contributed by atoms with Crippen molar-refractivity contribution in [3.8, 4) is 5.75 Å². The molecule has 3 rings (SSSR count). The van der Waals surface area contributed by atoms with Crippen molar-refractivity contribution < 1.29 is 19.1 Å². The molecule has 7 heteroatoms. The van der Waals surface area contributed by atoms with E-state index in [0.29, 0.717) is 19.6 Å². The summed E-state index contributed by atoms with van der Waals surface area (Å²) >= 11 is 0. The van der Waals surface area contributed by atoms with Gasteiger partial charge in [0, 0.05) is 37.9 Å². The van der Waals surface area contributed by atoms with Crippen LogP contribution in [-0.2, 0) is 15.0 Å². The molecule has 1 saturated carbocycles. The van der Waals surface area contributed by atoms with Gasteiger partial charge in [-0.3, -0.25) is 14.9 Å². The minimum absolute atomic E-state index is 0.0309. The van der Waals surface area contributed by atoms with Crippen molar-refractivity contribution in [1.82, 2.24) is 15.5 Å². The molecule has 2 N–H and O–H groups in total. The molecule has 1 aromatic carbocycles. The number of nitrogens with one attached hydrogen (secondary N) is 2. The van der Waals surface area contributed by atoms with Crippen LogP contribution in [0.3, 0.4) is 0 Å². The molecule has 2 aliphatic rings. The standard InChI is InChI=1S/C20H27N3O4/c1-27-16-6-4-15(5-7-16)20(10-2-3-11-20)14-21-17(24)8-12-23-13-9-18(25)22-19(23)26/h4-7H,2-3,8-14H2,1H3,(H,21,24)(H,22,25,26). The highest BCUT2D eigenvalue weighted by Crippen LogP contribution is 2.41. The molecule has 0 spiro atoms. The fourth-order valence-corrected chi connectivity index (χ4v) is 3.97. The van der Waals surface area contributed by atoms with Gasteiger partial charge in [-0.15, -0.1) is 0 Å². The first-order chi connectivity index (χ1) is 13.0. The van der Waals surface area contributed by atoms with E-state index in [1.54, 1.807) is 7.11 Å². The molecule has 0 radical (unpaired) electrons. The largest absolute Gasteiger partial charge is 0.497 e. The Morgan fingerprint density at radius 3 is 2.56 bits per heavy atom. The zero-order valence-corrected chi connectivity index (χ0v) is 15.8. The van der Waals surface area contributed by atoms with E-state index in [4.69, 9.17) is 4.74 Å². The van der Waals surface area contributed by atoms with E-state index >= 15 is 0 Å². The Morgan fingerprint density at radius 1 is 1.22 bits per heavy atom. The third kappa shape index (κ3) is 4.59. The van der Waals surface area contributed by atoms with Gasteiger partial charge in [0.05, 0.1) is 7.11 Å². The molecule has 27 heavy (non-hydrogen) atoms. The molecule has 0 aromatic heterocycles. The number of benzene rings is 1. The number of carbonyl (C=O) groups excluding carboxylic acids is 3. The third-order valence-electron chi connectivity index (χ3n) is 5.64. The monoisotopic (exact) mass is 373 g/mol. The molecule has 7 nitrogen and oxygen atoms in total. The lowest BCUT2D eigenvalue weighted by Crippen LogP contribution is -2.50. The Bertz CT molecular complexity index is 696. The molecule has 1 saturated heterocycles. The summed E-state index contributed by atoms with van der Waals surface area (Å²) in [4.78, 5) is 36.7. The third-order valence-corrected chi connectivity index (χ3v) is 5.64. The molecule has 0 bridgehead atoms. The predicted molar refractivity (Wildman–Crippen MR) is 100 cm³/mol. The number of rotatable bonds is 7. The Kier molecular flexibility index (Phi) is 5.98. The first-order valence-corrected chi connectivity index (χ1v) is 9.52. The average Bonchev–Trinajstić information content (AvgIpc) is 3.16. The van der Waals surface area contributed by atoms with Crippen LogP contribution in [0.4, 0.5) is 4.79 Å². The molecule has 1 aliphatic carbocycles. The van der Waals surface area contributed by atoms with Gasteiger partial charge in [-0.05, 0) is 30.5 Å². The van der Waals surface area contributed by atoms with Gasteiger partial charge < -0.3 is 15.0 Å². The first kappa shape index (κ1) is 19.2. The summed E-state index contributed by atoms with van der Waals surface area (Å²) in [6.07, 6.45) is 4.94. The van der Waals surface area contributed by atoms with Gasteiger partial charge in [0.15, 0.2) is 0 Å². The molecular formula is C20H27N3O4. The van der Waals surface area contributed by atoms with Gasteiger partial charge in [-0.1, -0.05) is 25.0 Å². The lowest BCUT2D eigenvalue weighted by molar-refractivity contribution is -0.121. The minimum Gasteiger partial charge on any atom is -0.497 e. The predicted octanol–water partition coefficient (Wildman–Crippen LogP) is 1.96. The highest BCUT2D eigenvalue weighted by molar-refractivity contribution is 5.96. The summed E-state index contributed by atoms with van der Waals surface area (Å²) < 4.78 is 5.24. The van der Waals surface area contributed by atoms with Crippen LogP contribution in [0.5, 0.6) is 5.75 Å². The Hall–Kier alpha value is -2.57. The summed E-state index contributed by atoms with van der Waals surface area (Å²) in [6, 6.07) is 7.70. The summed E-state index contributed by atoms with van der Waals surface area (Å²) in [5.41, 5.74) is 1.20. The molecule has 146 valence electrons. The van der Waals surface area contributed by atoms with Crippen molar-refractivity contribution in [3.63, 3.8) is 0 Å². The summed E-state index contributed by atoms with van der Waals surface area (Å²) in [5.74, 6) is 0.497. The number of hydrogen-bond donors (Lipinski definition) is 2. The lowest BCUT2D eigenvalue weighted by atomic mass is 9.78. The van der Waals surface area contributed by atoms with Crippen LogP contribution in [0.2, 0.25) is 0 Å². The van der Waals surface area contributed by atoms with Gasteiger partial charge >= 0.3 is 6.03 Å². The van der Waals surface area contributed by atoms with Crippen molar-refractivity contribution in [2.45, 2.75) is 43.9 Å². The van der Waals surface area contributed by atoms with Crippen molar-refractivity contribution >= 4 is 17.8 Å². The number of methoxy groups -OCH3 is 1. The number of carbonyl (C=O) groups is 3. The fraction of sp³-hybridized carbons (Fsp3) is 0.550. The maximum Gasteiger partial charge on any atom is 0.324 e. The van der Waals surface area contributed by atoms with E-state index in [2.05, 4.69) is 22.8 Å². The maximum atomic E-state index is 12.3. The first-order valence-electron chi connectivity index (χ1n) is 9.52. The van der Waals surface area contributed by atoms with Crippen LogP contribution < -0.4 is 15.4 Å². The molecule has 0 unspecified atom stereocenters. The van der Waals surface area contributed by atoms with Gasteiger partial charge in [0.25, 0.3) is 0 Å². The van der Waals surface area contributed by atoms with Crippen molar-refractivity contribution in [3.05, 3.63) is 29.8 Å². The number of hydrogen-bond acceptors (Lipinski definition) is 4. The second-order valence-electron chi connectivity index (χ2n) is 7.33. The van der Waals surface area contributed by atoms with Gasteiger partial charge in [-0.2, -0.15) is 0 Å². The maximum absolute atomic E-state index is 12.3. The van der Waals surface area contributed by atoms with E-state index in [-0.39, 0.29) is 30.1 Å². The van der Waals surface area contributed by atoms with Crippen molar-refractivity contribution in [1.29, 1.82) is 0 Å². The SMILES string of the molecule is COc1ccc(C2(CNC(=O)CCN3CCC(=O)NC3=O)CCCC2)cc1. The van der Waals surface area contributed by atoms with E-state index < -0.39 is 6.03 Å². The number of urea groups is 1. The van der Waals surface area contributed by atoms with E-state index in [1.165, 1.54) is 10.5 Å². The molecule has 1 aromatic rings. The summed E-state index contributed by atoms with van der Waals surface area (Å²) in [7, 11) is 1.65. The van der Waals surface area contributed by atoms with Gasteiger partial charge in [0.2, 0.25) is 11.8 Å². The molecule has 2 fully saturated rings. The van der Waals surface area contributed by atoms with Crippen molar-refractivity contribution in [2.75, 3.05) is 26.7 Å². The van der Waals surface area contributed by atoms with Gasteiger partial charge in [0.1, 0.15) is 5.75 Å². The normalized spacial score (nSPS) is 18.9. The second kappa shape index (κ2) is 8.41. The smallest absolute Gasteiger partial charge is 0.324 e. The Balaban J connectivity index is 1.53. The topological polar surface area (TPSA) is 87.7 Å². The average molecular weight is 373 g/mol. The fourth-order valence-electron chi connectivity index (χ4n) is 3.97. The summed E-state index contributed by atoms with van der Waals surface area (Å²) in [6.45, 7) is 1.29. The number of nitrogens with zero attached hydrogens (tertiary/aromatic N) is 1. The van der Waals surface area contributed by atoms with Crippen LogP contribution in [0.25, 0.3) is 0 Å². The Labute approximate surface area is 159 Å². The lowest BCUT2D eigenvalue weighted by Gasteiger charge is -2.30. The van der Waals surface area contributed by atoms with Crippen LogP contribution in [0.1, 0.15) is 44.1 Å². The van der Waals surface area contributed by atoms with Gasteiger partial charge in [-0.25, -0.2) is 4.79 Å². The van der Waals surface area contributed by atoms with E-state index in [1.807, 2.05) is 12.1 Å². The molecular weight excluding hydrogens is 346 g/mol. The second-order valence-corrected chi connectivity index (χ2v) is 7.33. The van der Waals surface area contributed by atoms with Crippen LogP contribution in [0, 0.1) is 0 Å². The number of imide groups is 1. The van der Waals surface area contributed by atoms with Crippen molar-refractivity contribution in [2.24, 2.45) is 0 Å². The Morgan fingerprint density at radius 2 is 1.93 bits per heavy atom. The zero-order valence-electron chi connectivity index (χ0n) is 15.8. The summed E-state index contributed by atoms with van der Waals surface area (Å²) in [5, 5.41) is 5.33. The highest BCUT2D eigenvalue weighted by Gasteiger charge is 2.36. The zero-order chi connectivity index (χ0) is 19.3. The minimum atomic E-state index is -0.412.